The second kappa shape index (κ2) is 6.07. The van der Waals surface area contributed by atoms with E-state index in [1.807, 2.05) is 33.8 Å². The van der Waals surface area contributed by atoms with E-state index in [-0.39, 0.29) is 18.2 Å². The molecule has 1 aromatic heterocycles. The molecule has 130 valence electrons. The molecule has 2 heterocycles. The smallest absolute Gasteiger partial charge is 0.325 e. The Morgan fingerprint density at radius 3 is 2.54 bits per heavy atom. The van der Waals surface area contributed by atoms with Crippen LogP contribution in [0.4, 0.5) is 4.79 Å². The molecule has 0 radical (unpaired) electrons. The summed E-state index contributed by atoms with van der Waals surface area (Å²) in [5.74, 6) is -0.172. The lowest BCUT2D eigenvalue weighted by molar-refractivity contribution is -0.127. The van der Waals surface area contributed by atoms with Gasteiger partial charge in [-0.15, -0.1) is 0 Å². The Kier molecular flexibility index (Phi) is 4.24. The van der Waals surface area contributed by atoms with Crippen molar-refractivity contribution >= 4 is 17.7 Å². The predicted molar refractivity (Wildman–Crippen MR) is 90.0 cm³/mol. The van der Waals surface area contributed by atoms with Gasteiger partial charge in [-0.2, -0.15) is 0 Å². The van der Waals surface area contributed by atoms with E-state index in [0.29, 0.717) is 23.9 Å². The topological polar surface area (TPSA) is 71.4 Å². The average molecular weight is 331 g/mol. The minimum atomic E-state index is -0.510. The normalized spacial score (nSPS) is 20.9. The van der Waals surface area contributed by atoms with Crippen molar-refractivity contribution in [3.63, 3.8) is 0 Å². The molecule has 6 heteroatoms. The van der Waals surface area contributed by atoms with Crippen LogP contribution < -0.4 is 5.32 Å². The molecule has 0 bridgehead atoms. The zero-order valence-electron chi connectivity index (χ0n) is 14.8. The van der Waals surface area contributed by atoms with Crippen molar-refractivity contribution in [2.24, 2.45) is 5.92 Å². The fourth-order valence-electron chi connectivity index (χ4n) is 3.54. The molecule has 6 nitrogen and oxygen atoms in total. The lowest BCUT2D eigenvalue weighted by atomic mass is 10.0. The SMILES string of the molecule is Cc1cc(C(=O)CN2C(=O)NC(CC(C)C)C2=O)c(C)n1C1CC1. The van der Waals surface area contributed by atoms with Gasteiger partial charge in [0.05, 0.1) is 6.54 Å². The average Bonchev–Trinajstić information content (AvgIpc) is 3.23. The lowest BCUT2D eigenvalue weighted by Crippen LogP contribution is -2.36. The third-order valence-electron chi connectivity index (χ3n) is 4.81. The van der Waals surface area contributed by atoms with Crippen LogP contribution in [0.1, 0.15) is 60.9 Å². The number of imide groups is 1. The van der Waals surface area contributed by atoms with Crippen LogP contribution in [0.3, 0.4) is 0 Å². The van der Waals surface area contributed by atoms with Gasteiger partial charge in [-0.1, -0.05) is 13.8 Å². The highest BCUT2D eigenvalue weighted by Crippen LogP contribution is 2.38. The van der Waals surface area contributed by atoms with E-state index in [4.69, 9.17) is 0 Å². The number of urea groups is 1. The Labute approximate surface area is 142 Å². The molecule has 1 aliphatic carbocycles. The molecule has 0 spiro atoms. The van der Waals surface area contributed by atoms with Gasteiger partial charge in [0.1, 0.15) is 6.04 Å². The number of ketones is 1. The number of amides is 3. The molecule has 1 aromatic rings. The maximum absolute atomic E-state index is 12.7. The van der Waals surface area contributed by atoms with Gasteiger partial charge in [-0.25, -0.2) is 4.79 Å². The summed E-state index contributed by atoms with van der Waals surface area (Å²) in [5.41, 5.74) is 2.62. The number of rotatable bonds is 6. The minimum absolute atomic E-state index is 0.177. The summed E-state index contributed by atoms with van der Waals surface area (Å²) in [4.78, 5) is 38.2. The van der Waals surface area contributed by atoms with Crippen molar-refractivity contribution in [2.45, 2.75) is 59.0 Å². The molecule has 3 amide bonds. The van der Waals surface area contributed by atoms with Gasteiger partial charge in [0, 0.05) is 23.0 Å². The monoisotopic (exact) mass is 331 g/mol. The van der Waals surface area contributed by atoms with Crippen LogP contribution in [0.2, 0.25) is 0 Å². The number of hydrogen-bond donors (Lipinski definition) is 1. The second-order valence-corrected chi connectivity index (χ2v) is 7.37. The van der Waals surface area contributed by atoms with Crippen molar-refractivity contribution in [1.82, 2.24) is 14.8 Å². The number of aromatic nitrogens is 1. The summed E-state index contributed by atoms with van der Waals surface area (Å²) >= 11 is 0. The van der Waals surface area contributed by atoms with Gasteiger partial charge >= 0.3 is 6.03 Å². The molecule has 1 atom stereocenters. The van der Waals surface area contributed by atoms with Gasteiger partial charge in [-0.05, 0) is 45.1 Å². The van der Waals surface area contributed by atoms with Crippen LogP contribution in [0.15, 0.2) is 6.07 Å². The van der Waals surface area contributed by atoms with Crippen LogP contribution in [-0.2, 0) is 4.79 Å². The molecule has 0 aromatic carbocycles. The zero-order chi connectivity index (χ0) is 17.6. The largest absolute Gasteiger partial charge is 0.345 e. The first-order valence-corrected chi connectivity index (χ1v) is 8.63. The summed E-state index contributed by atoms with van der Waals surface area (Å²) in [6, 6.07) is 1.40. The third kappa shape index (κ3) is 2.97. The molecular formula is C18H25N3O3. The van der Waals surface area contributed by atoms with E-state index in [1.54, 1.807) is 0 Å². The van der Waals surface area contributed by atoms with Crippen molar-refractivity contribution in [3.8, 4) is 0 Å². The number of nitrogens with one attached hydrogen (secondary N) is 1. The third-order valence-corrected chi connectivity index (χ3v) is 4.81. The molecule has 1 saturated heterocycles. The van der Waals surface area contributed by atoms with Crippen molar-refractivity contribution in [3.05, 3.63) is 23.0 Å². The molecule has 2 fully saturated rings. The Morgan fingerprint density at radius 2 is 1.96 bits per heavy atom. The number of nitrogens with zero attached hydrogens (tertiary/aromatic N) is 2. The summed E-state index contributed by atoms with van der Waals surface area (Å²) in [5, 5.41) is 2.68. The number of aryl methyl sites for hydroxylation is 1. The predicted octanol–water partition coefficient (Wildman–Crippen LogP) is 2.59. The quantitative estimate of drug-likeness (QED) is 0.643. The van der Waals surface area contributed by atoms with Crippen LogP contribution in [0.5, 0.6) is 0 Å². The molecule has 2 aliphatic rings. The van der Waals surface area contributed by atoms with E-state index in [2.05, 4.69) is 9.88 Å². The summed E-state index contributed by atoms with van der Waals surface area (Å²) in [6.07, 6.45) is 2.88. The van der Waals surface area contributed by atoms with Crippen LogP contribution >= 0.6 is 0 Å². The van der Waals surface area contributed by atoms with Crippen LogP contribution in [0, 0.1) is 19.8 Å². The maximum Gasteiger partial charge on any atom is 0.325 e. The van der Waals surface area contributed by atoms with Crippen molar-refractivity contribution in [1.29, 1.82) is 0 Å². The van der Waals surface area contributed by atoms with Crippen molar-refractivity contribution < 1.29 is 14.4 Å². The van der Waals surface area contributed by atoms with Gasteiger partial charge in [0.25, 0.3) is 5.91 Å². The molecular weight excluding hydrogens is 306 g/mol. The highest BCUT2D eigenvalue weighted by molar-refractivity contribution is 6.09. The fraction of sp³-hybridized carbons (Fsp3) is 0.611. The number of hydrogen-bond acceptors (Lipinski definition) is 3. The fourth-order valence-corrected chi connectivity index (χ4v) is 3.54. The van der Waals surface area contributed by atoms with E-state index in [9.17, 15) is 14.4 Å². The molecule has 1 aliphatic heterocycles. The van der Waals surface area contributed by atoms with Gasteiger partial charge < -0.3 is 9.88 Å². The highest BCUT2D eigenvalue weighted by Gasteiger charge is 2.39. The summed E-state index contributed by atoms with van der Waals surface area (Å²) in [7, 11) is 0. The molecule has 1 saturated carbocycles. The standard InChI is InChI=1S/C18H25N3O3/c1-10(2)7-15-17(23)20(18(24)19-15)9-16(22)14-8-11(3)21(12(14)4)13-5-6-13/h8,10,13,15H,5-7,9H2,1-4H3,(H,19,24). The second-order valence-electron chi connectivity index (χ2n) is 7.37. The van der Waals surface area contributed by atoms with E-state index >= 15 is 0 Å². The maximum atomic E-state index is 12.7. The lowest BCUT2D eigenvalue weighted by Gasteiger charge is -2.13. The minimum Gasteiger partial charge on any atom is -0.345 e. The van der Waals surface area contributed by atoms with Crippen LogP contribution in [0.25, 0.3) is 0 Å². The van der Waals surface area contributed by atoms with Crippen molar-refractivity contribution in [2.75, 3.05) is 6.54 Å². The first-order valence-electron chi connectivity index (χ1n) is 8.63. The zero-order valence-corrected chi connectivity index (χ0v) is 14.8. The summed E-state index contributed by atoms with van der Waals surface area (Å²) < 4.78 is 2.20. The number of Topliss-reactive ketones (excluding diaryl/α,β-unsaturated/α-hetero) is 1. The van der Waals surface area contributed by atoms with Crippen LogP contribution in [-0.4, -0.2) is 39.8 Å². The molecule has 24 heavy (non-hydrogen) atoms. The molecule has 1 unspecified atom stereocenters. The van der Waals surface area contributed by atoms with Gasteiger partial charge in [0.2, 0.25) is 0 Å². The number of carbonyl (C=O) groups is 3. The van der Waals surface area contributed by atoms with Gasteiger partial charge in [-0.3, -0.25) is 14.5 Å². The molecule has 3 rings (SSSR count). The van der Waals surface area contributed by atoms with E-state index in [0.717, 1.165) is 29.1 Å². The molecule has 1 N–H and O–H groups in total. The Morgan fingerprint density at radius 1 is 1.29 bits per heavy atom. The Bertz CT molecular complexity index is 701. The highest BCUT2D eigenvalue weighted by atomic mass is 16.2. The number of carbonyl (C=O) groups excluding carboxylic acids is 3. The van der Waals surface area contributed by atoms with E-state index < -0.39 is 12.1 Å². The Balaban J connectivity index is 1.74. The van der Waals surface area contributed by atoms with E-state index in [1.165, 1.54) is 0 Å². The Hall–Kier alpha value is -2.11. The first-order chi connectivity index (χ1) is 11.3. The van der Waals surface area contributed by atoms with Gasteiger partial charge in [0.15, 0.2) is 5.78 Å². The summed E-state index contributed by atoms with van der Waals surface area (Å²) in [6.45, 7) is 7.74. The first kappa shape index (κ1) is 16.7.